The van der Waals surface area contributed by atoms with Crippen LogP contribution in [-0.2, 0) is 17.7 Å². The topological polar surface area (TPSA) is 47.4 Å². The van der Waals surface area contributed by atoms with Gasteiger partial charge in [0.25, 0.3) is 5.91 Å². The second-order valence-electron chi connectivity index (χ2n) is 6.81. The van der Waals surface area contributed by atoms with E-state index < -0.39 is 0 Å². The molecule has 1 aliphatic heterocycles. The second-order valence-corrected chi connectivity index (χ2v) is 6.81. The number of ether oxygens (including phenoxy) is 1. The third kappa shape index (κ3) is 3.96. The van der Waals surface area contributed by atoms with Gasteiger partial charge in [0, 0.05) is 38.9 Å². The first-order valence-corrected chi connectivity index (χ1v) is 9.21. The molecule has 0 N–H and O–H groups in total. The molecule has 1 fully saturated rings. The number of hydrogen-bond acceptors (Lipinski definition) is 3. The number of piperidine rings is 1. The number of carbonyl (C=O) groups excluding carboxylic acids is 1. The molecule has 2 heterocycles. The molecule has 3 rings (SSSR count). The Morgan fingerprint density at radius 2 is 2.15 bits per heavy atom. The molecule has 0 aliphatic carbocycles. The Hall–Kier alpha value is -2.21. The van der Waals surface area contributed by atoms with Gasteiger partial charge in [-0.25, -0.2) is 4.39 Å². The van der Waals surface area contributed by atoms with Gasteiger partial charge >= 0.3 is 0 Å². The van der Waals surface area contributed by atoms with Gasteiger partial charge in [0.2, 0.25) is 0 Å². The molecule has 2 atom stereocenters. The van der Waals surface area contributed by atoms with Gasteiger partial charge in [-0.15, -0.1) is 0 Å². The van der Waals surface area contributed by atoms with Crippen molar-refractivity contribution in [1.29, 1.82) is 0 Å². The molecule has 0 bridgehead atoms. The summed E-state index contributed by atoms with van der Waals surface area (Å²) in [6.45, 7) is 3.98. The first-order valence-electron chi connectivity index (χ1n) is 9.21. The molecule has 1 saturated heterocycles. The molecule has 140 valence electrons. The molecule has 0 radical (unpaired) electrons. The summed E-state index contributed by atoms with van der Waals surface area (Å²) in [7, 11) is 1.69. The number of aryl methyl sites for hydroxylation is 1. The summed E-state index contributed by atoms with van der Waals surface area (Å²) in [6.07, 6.45) is 3.93. The lowest BCUT2D eigenvalue weighted by Crippen LogP contribution is -2.47. The predicted octanol–water partition coefficient (Wildman–Crippen LogP) is 3.15. The number of rotatable bonds is 6. The van der Waals surface area contributed by atoms with Crippen LogP contribution in [0.25, 0.3) is 0 Å². The minimum atomic E-state index is -0.202. The number of amides is 1. The summed E-state index contributed by atoms with van der Waals surface area (Å²) in [6, 6.07) is 8.59. The molecule has 0 saturated carbocycles. The van der Waals surface area contributed by atoms with E-state index in [2.05, 4.69) is 12.0 Å². The molecule has 6 heteroatoms. The second kappa shape index (κ2) is 8.45. The molecule has 2 aromatic rings. The van der Waals surface area contributed by atoms with Gasteiger partial charge in [0.1, 0.15) is 11.5 Å². The lowest BCUT2D eigenvalue weighted by molar-refractivity contribution is -0.00356. The number of carbonyl (C=O) groups is 1. The SMILES string of the molecule is CCCn1nccc1C(=O)N1CC[C@H](OC)[C@H](Cc2ccccc2F)C1. The van der Waals surface area contributed by atoms with Crippen LogP contribution in [0.1, 0.15) is 35.8 Å². The van der Waals surface area contributed by atoms with Gasteiger partial charge in [-0.2, -0.15) is 5.10 Å². The molecule has 1 amide bonds. The monoisotopic (exact) mass is 359 g/mol. The van der Waals surface area contributed by atoms with E-state index in [1.807, 2.05) is 11.0 Å². The minimum absolute atomic E-state index is 0.0102. The largest absolute Gasteiger partial charge is 0.381 e. The maximum atomic E-state index is 14.1. The third-order valence-corrected chi connectivity index (χ3v) is 5.07. The molecular formula is C20H26FN3O2. The minimum Gasteiger partial charge on any atom is -0.381 e. The van der Waals surface area contributed by atoms with E-state index in [0.29, 0.717) is 30.8 Å². The van der Waals surface area contributed by atoms with Gasteiger partial charge in [-0.1, -0.05) is 25.1 Å². The summed E-state index contributed by atoms with van der Waals surface area (Å²) in [5.74, 6) is -0.145. The zero-order valence-electron chi connectivity index (χ0n) is 15.4. The van der Waals surface area contributed by atoms with Crippen LogP contribution in [0, 0.1) is 11.7 Å². The van der Waals surface area contributed by atoms with Crippen LogP contribution in [-0.4, -0.2) is 46.9 Å². The van der Waals surface area contributed by atoms with Crippen molar-refractivity contribution < 1.29 is 13.9 Å². The van der Waals surface area contributed by atoms with Crippen molar-refractivity contribution in [3.63, 3.8) is 0 Å². The van der Waals surface area contributed by atoms with E-state index in [9.17, 15) is 9.18 Å². The van der Waals surface area contributed by atoms with E-state index in [0.717, 1.165) is 19.4 Å². The van der Waals surface area contributed by atoms with Crippen molar-refractivity contribution in [1.82, 2.24) is 14.7 Å². The highest BCUT2D eigenvalue weighted by molar-refractivity contribution is 5.92. The lowest BCUT2D eigenvalue weighted by atomic mass is 9.88. The van der Waals surface area contributed by atoms with Crippen molar-refractivity contribution in [3.8, 4) is 0 Å². The Labute approximate surface area is 153 Å². The van der Waals surface area contributed by atoms with E-state index in [1.165, 1.54) is 6.07 Å². The number of benzene rings is 1. The fourth-order valence-corrected chi connectivity index (χ4v) is 3.71. The van der Waals surface area contributed by atoms with Crippen LogP contribution in [0.2, 0.25) is 0 Å². The zero-order chi connectivity index (χ0) is 18.5. The standard InChI is InChI=1S/C20H26FN3O2/c1-3-11-24-18(8-10-22-24)20(25)23-12-9-19(26-2)16(14-23)13-15-6-4-5-7-17(15)21/h4-8,10,16,19H,3,9,11-14H2,1-2H3/t16-,19+/m1/s1. The Balaban J connectivity index is 1.75. The van der Waals surface area contributed by atoms with Gasteiger partial charge in [0.05, 0.1) is 6.10 Å². The highest BCUT2D eigenvalue weighted by Gasteiger charge is 2.33. The average molecular weight is 359 g/mol. The molecule has 1 aliphatic rings. The fraction of sp³-hybridized carbons (Fsp3) is 0.500. The Morgan fingerprint density at radius 3 is 2.88 bits per heavy atom. The van der Waals surface area contributed by atoms with Gasteiger partial charge < -0.3 is 9.64 Å². The first kappa shape index (κ1) is 18.6. The van der Waals surface area contributed by atoms with Gasteiger partial charge in [-0.3, -0.25) is 9.48 Å². The summed E-state index contributed by atoms with van der Waals surface area (Å²) >= 11 is 0. The highest BCUT2D eigenvalue weighted by atomic mass is 19.1. The van der Waals surface area contributed by atoms with Crippen molar-refractivity contribution >= 4 is 5.91 Å². The maximum Gasteiger partial charge on any atom is 0.272 e. The number of aromatic nitrogens is 2. The van der Waals surface area contributed by atoms with E-state index in [4.69, 9.17) is 4.74 Å². The van der Waals surface area contributed by atoms with Crippen LogP contribution >= 0.6 is 0 Å². The Kier molecular flexibility index (Phi) is 6.04. The molecule has 0 spiro atoms. The van der Waals surface area contributed by atoms with Crippen molar-refractivity contribution in [3.05, 3.63) is 53.6 Å². The molecule has 5 nitrogen and oxygen atoms in total. The van der Waals surface area contributed by atoms with Crippen molar-refractivity contribution in [2.45, 2.75) is 38.8 Å². The third-order valence-electron chi connectivity index (χ3n) is 5.07. The fourth-order valence-electron chi connectivity index (χ4n) is 3.71. The quantitative estimate of drug-likeness (QED) is 0.796. The number of halogens is 1. The average Bonchev–Trinajstić information content (AvgIpc) is 3.11. The Bertz CT molecular complexity index is 746. The van der Waals surface area contributed by atoms with Crippen LogP contribution < -0.4 is 0 Å². The van der Waals surface area contributed by atoms with Crippen LogP contribution in [0.4, 0.5) is 4.39 Å². The van der Waals surface area contributed by atoms with Crippen LogP contribution in [0.5, 0.6) is 0 Å². The summed E-state index contributed by atoms with van der Waals surface area (Å²) in [5.41, 5.74) is 1.29. The smallest absolute Gasteiger partial charge is 0.272 e. The predicted molar refractivity (Wildman–Crippen MR) is 97.4 cm³/mol. The van der Waals surface area contributed by atoms with E-state index >= 15 is 0 Å². The van der Waals surface area contributed by atoms with Crippen LogP contribution in [0.15, 0.2) is 36.5 Å². The molecule has 0 unspecified atom stereocenters. The number of hydrogen-bond donors (Lipinski definition) is 0. The van der Waals surface area contributed by atoms with E-state index in [1.54, 1.807) is 36.2 Å². The number of nitrogens with zero attached hydrogens (tertiary/aromatic N) is 3. The molecule has 1 aromatic heterocycles. The van der Waals surface area contributed by atoms with Gasteiger partial charge in [0.15, 0.2) is 0 Å². The molecule has 1 aromatic carbocycles. The maximum absolute atomic E-state index is 14.1. The van der Waals surface area contributed by atoms with Crippen molar-refractivity contribution in [2.24, 2.45) is 5.92 Å². The summed E-state index contributed by atoms with van der Waals surface area (Å²) in [4.78, 5) is 14.8. The van der Waals surface area contributed by atoms with E-state index in [-0.39, 0.29) is 23.7 Å². The molecular weight excluding hydrogens is 333 g/mol. The lowest BCUT2D eigenvalue weighted by Gasteiger charge is -2.38. The molecule has 26 heavy (non-hydrogen) atoms. The summed E-state index contributed by atoms with van der Waals surface area (Å²) < 4.78 is 21.4. The first-order chi connectivity index (χ1) is 12.6. The highest BCUT2D eigenvalue weighted by Crippen LogP contribution is 2.26. The zero-order valence-corrected chi connectivity index (χ0v) is 15.4. The Morgan fingerprint density at radius 1 is 1.35 bits per heavy atom. The van der Waals surface area contributed by atoms with Crippen LogP contribution in [0.3, 0.4) is 0 Å². The number of methoxy groups -OCH3 is 1. The number of likely N-dealkylation sites (tertiary alicyclic amines) is 1. The summed E-state index contributed by atoms with van der Waals surface area (Å²) in [5, 5.41) is 4.25. The van der Waals surface area contributed by atoms with Gasteiger partial charge in [-0.05, 0) is 37.0 Å². The normalized spacial score (nSPS) is 20.3. The van der Waals surface area contributed by atoms with Crippen molar-refractivity contribution in [2.75, 3.05) is 20.2 Å².